The second-order valence-electron chi connectivity index (χ2n) is 10.9. The lowest BCUT2D eigenvalue weighted by molar-refractivity contribution is -0.244. The summed E-state index contributed by atoms with van der Waals surface area (Å²) in [5, 5.41) is 33.8. The average Bonchev–Trinajstić information content (AvgIpc) is 2.80. The van der Waals surface area contributed by atoms with Crippen molar-refractivity contribution in [2.45, 2.75) is 63.0 Å². The van der Waals surface area contributed by atoms with Crippen molar-refractivity contribution >= 4 is 0 Å². The first-order valence-corrected chi connectivity index (χ1v) is 9.81. The Morgan fingerprint density at radius 3 is 2.83 bits per heavy atom. The maximum absolute atomic E-state index is 11.8. The summed E-state index contributed by atoms with van der Waals surface area (Å²) in [5.74, 6) is 1.38. The molecule has 3 saturated heterocycles. The molecule has 9 rings (SSSR count). The van der Waals surface area contributed by atoms with Crippen LogP contribution in [0.3, 0.4) is 0 Å². The van der Waals surface area contributed by atoms with Gasteiger partial charge >= 0.3 is 0 Å². The molecular weight excluding hydrogens is 302 g/mol. The number of piperidine rings is 2. The Morgan fingerprint density at radius 2 is 2.04 bits per heavy atom. The van der Waals surface area contributed by atoms with Crippen molar-refractivity contribution in [3.05, 3.63) is 12.2 Å². The normalized spacial score (nSPS) is 76.1. The minimum absolute atomic E-state index is 0.0266. The first-order chi connectivity index (χ1) is 11.3. The lowest BCUT2D eigenvalue weighted by Crippen LogP contribution is -2.67. The monoisotopic (exact) mass is 329 g/mol. The van der Waals surface area contributed by atoms with Gasteiger partial charge in [-0.3, -0.25) is 4.90 Å². The molecule has 9 aliphatic rings. The fourth-order valence-electron chi connectivity index (χ4n) is 10.6. The SMILES string of the molecule is C=C1C[C@@]23C[C@@]4(O)[C@@H]5[C@@]6(C)C[C@H](O)C[C@@]57[C@@H]2C[C@@H]1[C@H](O)[C@@H]3[C@H]7N4C6. The van der Waals surface area contributed by atoms with Crippen LogP contribution >= 0.6 is 0 Å². The molecule has 6 saturated carbocycles. The van der Waals surface area contributed by atoms with Gasteiger partial charge in [0.15, 0.2) is 0 Å². The first kappa shape index (κ1) is 13.7. The van der Waals surface area contributed by atoms with Gasteiger partial charge in [0.05, 0.1) is 12.2 Å². The number of aliphatic hydroxyl groups is 3. The van der Waals surface area contributed by atoms with E-state index < -0.39 is 5.72 Å². The molecule has 6 aliphatic carbocycles. The molecule has 3 heterocycles. The van der Waals surface area contributed by atoms with Crippen molar-refractivity contribution in [1.29, 1.82) is 0 Å². The van der Waals surface area contributed by atoms with Crippen LogP contribution in [0.2, 0.25) is 0 Å². The third kappa shape index (κ3) is 0.960. The van der Waals surface area contributed by atoms with E-state index in [4.69, 9.17) is 0 Å². The molecule has 4 nitrogen and oxygen atoms in total. The smallest absolute Gasteiger partial charge is 0.123 e. The van der Waals surface area contributed by atoms with Crippen LogP contribution in [0.1, 0.15) is 39.0 Å². The number of hydrogen-bond donors (Lipinski definition) is 3. The lowest BCUT2D eigenvalue weighted by Gasteiger charge is -2.65. The molecule has 1 unspecified atom stereocenters. The van der Waals surface area contributed by atoms with Gasteiger partial charge in [0.2, 0.25) is 0 Å². The fraction of sp³-hybridized carbons (Fsp3) is 0.900. The molecule has 0 radical (unpaired) electrons. The van der Waals surface area contributed by atoms with Crippen molar-refractivity contribution < 1.29 is 15.3 Å². The Balaban J connectivity index is 1.55. The largest absolute Gasteiger partial charge is 0.393 e. The number of aliphatic hydroxyl groups excluding tert-OH is 2. The standard InChI is InChI=1S/C20H27NO3/c1-9-4-18-7-20(24)16-17(2)5-10(22)6-19(16)12(18)3-11(9)14(23)13(18)15(19)21(20)8-17/h10-16,22-24H,1,3-8H2,2H3/t10-,11-,12+,13+,14-,15+,16+,17-,18+,19-,20+/m0/s1. The van der Waals surface area contributed by atoms with Crippen molar-refractivity contribution in [2.75, 3.05) is 6.54 Å². The van der Waals surface area contributed by atoms with E-state index in [2.05, 4.69) is 18.4 Å². The third-order valence-electron chi connectivity index (χ3n) is 10.2. The second-order valence-corrected chi connectivity index (χ2v) is 10.9. The van der Waals surface area contributed by atoms with E-state index in [-0.39, 0.29) is 52.2 Å². The zero-order chi connectivity index (χ0) is 16.4. The summed E-state index contributed by atoms with van der Waals surface area (Å²) in [6.07, 6.45) is 3.99. The Labute approximate surface area is 142 Å². The zero-order valence-corrected chi connectivity index (χ0v) is 14.3. The maximum atomic E-state index is 11.8. The highest BCUT2D eigenvalue weighted by Gasteiger charge is 2.92. The summed E-state index contributed by atoms with van der Waals surface area (Å²) in [5.41, 5.74) is 0.622. The summed E-state index contributed by atoms with van der Waals surface area (Å²) in [4.78, 5) is 2.41. The van der Waals surface area contributed by atoms with Gasteiger partial charge in [-0.25, -0.2) is 0 Å². The number of hydrogen-bond acceptors (Lipinski definition) is 4. The van der Waals surface area contributed by atoms with Gasteiger partial charge in [0.1, 0.15) is 5.72 Å². The predicted octanol–water partition coefficient (Wildman–Crippen LogP) is 1.11. The molecular formula is C20H27NO3. The van der Waals surface area contributed by atoms with Gasteiger partial charge in [-0.05, 0) is 54.3 Å². The lowest BCUT2D eigenvalue weighted by atomic mass is 9.40. The molecule has 0 aromatic carbocycles. The molecule has 2 spiro atoms. The van der Waals surface area contributed by atoms with E-state index in [1.54, 1.807) is 0 Å². The van der Waals surface area contributed by atoms with E-state index in [9.17, 15) is 15.3 Å². The summed E-state index contributed by atoms with van der Waals surface area (Å²) < 4.78 is 0. The molecule has 24 heavy (non-hydrogen) atoms. The van der Waals surface area contributed by atoms with Crippen LogP contribution < -0.4 is 0 Å². The van der Waals surface area contributed by atoms with Crippen LogP contribution in [0.15, 0.2) is 12.2 Å². The van der Waals surface area contributed by atoms with Crippen molar-refractivity contribution in [3.63, 3.8) is 0 Å². The Bertz CT molecular complexity index is 724. The highest BCUT2D eigenvalue weighted by atomic mass is 16.3. The number of fused-ring (bicyclic) bond motifs is 1. The highest BCUT2D eigenvalue weighted by molar-refractivity contribution is 5.43. The Morgan fingerprint density at radius 1 is 1.25 bits per heavy atom. The van der Waals surface area contributed by atoms with Gasteiger partial charge in [-0.2, -0.15) is 0 Å². The van der Waals surface area contributed by atoms with Gasteiger partial charge in [0, 0.05) is 30.3 Å². The molecule has 0 aromatic rings. The van der Waals surface area contributed by atoms with Crippen LogP contribution in [0.5, 0.6) is 0 Å². The minimum Gasteiger partial charge on any atom is -0.393 e. The van der Waals surface area contributed by atoms with Crippen LogP contribution in [-0.2, 0) is 0 Å². The highest BCUT2D eigenvalue weighted by Crippen LogP contribution is 2.88. The molecule has 130 valence electrons. The summed E-state index contributed by atoms with van der Waals surface area (Å²) in [6.45, 7) is 7.50. The third-order valence-corrected chi connectivity index (χ3v) is 10.2. The Hall–Kier alpha value is -0.420. The van der Waals surface area contributed by atoms with Crippen LogP contribution in [0.25, 0.3) is 0 Å². The summed E-state index contributed by atoms with van der Waals surface area (Å²) >= 11 is 0. The molecule has 3 aliphatic heterocycles. The zero-order valence-electron chi connectivity index (χ0n) is 14.3. The van der Waals surface area contributed by atoms with E-state index in [1.807, 2.05) is 0 Å². The molecule has 3 N–H and O–H groups in total. The van der Waals surface area contributed by atoms with Gasteiger partial charge in [-0.1, -0.05) is 19.1 Å². The fourth-order valence-corrected chi connectivity index (χ4v) is 10.6. The average molecular weight is 329 g/mol. The van der Waals surface area contributed by atoms with E-state index >= 15 is 0 Å². The molecule has 9 fully saturated rings. The van der Waals surface area contributed by atoms with Gasteiger partial charge in [0.25, 0.3) is 0 Å². The molecule has 0 aromatic heterocycles. The van der Waals surface area contributed by atoms with Crippen LogP contribution in [-0.4, -0.2) is 50.7 Å². The quantitative estimate of drug-likeness (QED) is 0.583. The number of rotatable bonds is 0. The molecule has 9 bridgehead atoms. The summed E-state index contributed by atoms with van der Waals surface area (Å²) in [7, 11) is 0. The predicted molar refractivity (Wildman–Crippen MR) is 86.6 cm³/mol. The van der Waals surface area contributed by atoms with Crippen molar-refractivity contribution in [1.82, 2.24) is 4.90 Å². The minimum atomic E-state index is -0.698. The van der Waals surface area contributed by atoms with E-state index in [0.29, 0.717) is 5.92 Å². The van der Waals surface area contributed by atoms with Gasteiger partial charge in [-0.15, -0.1) is 0 Å². The van der Waals surface area contributed by atoms with E-state index in [0.717, 1.165) is 38.6 Å². The van der Waals surface area contributed by atoms with Crippen molar-refractivity contribution in [3.8, 4) is 0 Å². The second kappa shape index (κ2) is 3.28. The van der Waals surface area contributed by atoms with Gasteiger partial charge < -0.3 is 15.3 Å². The first-order valence-electron chi connectivity index (χ1n) is 9.81. The molecule has 0 amide bonds. The Kier molecular flexibility index (Phi) is 1.88. The number of nitrogens with zero attached hydrogens (tertiary/aromatic N) is 1. The van der Waals surface area contributed by atoms with Crippen LogP contribution in [0.4, 0.5) is 0 Å². The van der Waals surface area contributed by atoms with Crippen molar-refractivity contribution in [2.24, 2.45) is 39.9 Å². The molecule has 4 heteroatoms. The maximum Gasteiger partial charge on any atom is 0.123 e. The summed E-state index contributed by atoms with van der Waals surface area (Å²) in [6, 6.07) is 0.280. The van der Waals surface area contributed by atoms with Crippen LogP contribution in [0, 0.1) is 39.9 Å². The van der Waals surface area contributed by atoms with E-state index in [1.165, 1.54) is 5.57 Å². The topological polar surface area (TPSA) is 63.9 Å². The molecule has 12 atom stereocenters.